The van der Waals surface area contributed by atoms with Crippen LogP contribution in [0.15, 0.2) is 23.8 Å². The minimum Gasteiger partial charge on any atom is -0.465 e. The summed E-state index contributed by atoms with van der Waals surface area (Å²) >= 11 is 0. The molecule has 0 saturated heterocycles. The van der Waals surface area contributed by atoms with Crippen LogP contribution in [0.5, 0.6) is 0 Å². The van der Waals surface area contributed by atoms with Crippen LogP contribution in [0.4, 0.5) is 4.79 Å². The van der Waals surface area contributed by atoms with Gasteiger partial charge in [0.25, 0.3) is 0 Å². The number of carboxylic acid groups (broad SMARTS) is 1. The van der Waals surface area contributed by atoms with Gasteiger partial charge in [-0.15, -0.1) is 37.2 Å². The Morgan fingerprint density at radius 1 is 0.980 bits per heavy atom. The second-order valence-corrected chi connectivity index (χ2v) is 16.8. The SMILES string of the molecule is CC[C@H](/C=C/[C@@H](C)[C@H]1CC[C@H]2[C@@H]3CC=C4C[C@@H](C(CCCN(CCCN)C(=O)O)NCCCN)CC[C@]4(C)[C@H]3CC[C@]12C)C(C)C.Cl.Cl.Cl. The lowest BCUT2D eigenvalue weighted by Crippen LogP contribution is -2.51. The van der Waals surface area contributed by atoms with Crippen LogP contribution in [-0.4, -0.2) is 54.9 Å². The van der Waals surface area contributed by atoms with E-state index in [9.17, 15) is 9.90 Å². The van der Waals surface area contributed by atoms with Crippen molar-refractivity contribution >= 4 is 43.3 Å². The Balaban J connectivity index is 0.00000400. The number of nitrogens with one attached hydrogen (secondary N) is 1. The molecule has 0 bridgehead atoms. The fraction of sp³-hybridized carbons (Fsp3) is 0.875. The van der Waals surface area contributed by atoms with E-state index in [0.717, 1.165) is 61.8 Å². The third kappa shape index (κ3) is 10.8. The van der Waals surface area contributed by atoms with Gasteiger partial charge in [0, 0.05) is 19.1 Å². The zero-order valence-corrected chi connectivity index (χ0v) is 34.3. The van der Waals surface area contributed by atoms with Gasteiger partial charge in [-0.1, -0.05) is 65.3 Å². The first-order chi connectivity index (χ1) is 22.0. The predicted octanol–water partition coefficient (Wildman–Crippen LogP) is 9.74. The number of nitrogens with zero attached hydrogens (tertiary/aromatic N) is 1. The Kier molecular flexibility index (Phi) is 20.2. The average Bonchev–Trinajstić information content (AvgIpc) is 3.38. The number of halogens is 3. The number of amides is 1. The molecule has 4 aliphatic rings. The first kappa shape index (κ1) is 46.5. The molecule has 0 heterocycles. The van der Waals surface area contributed by atoms with Crippen LogP contribution in [0.2, 0.25) is 0 Å². The molecule has 9 heteroatoms. The Hall–Kier alpha value is -0.500. The zero-order chi connectivity index (χ0) is 33.5. The van der Waals surface area contributed by atoms with Crippen molar-refractivity contribution in [2.75, 3.05) is 32.7 Å². The van der Waals surface area contributed by atoms with Crippen molar-refractivity contribution in [2.45, 2.75) is 131 Å². The van der Waals surface area contributed by atoms with E-state index in [1.54, 1.807) is 10.5 Å². The molecule has 49 heavy (non-hydrogen) atoms. The average molecular weight is 750 g/mol. The van der Waals surface area contributed by atoms with E-state index in [1.807, 2.05) is 0 Å². The van der Waals surface area contributed by atoms with Gasteiger partial charge in [0.1, 0.15) is 0 Å². The first-order valence-corrected chi connectivity index (χ1v) is 19.5. The monoisotopic (exact) mass is 748 g/mol. The molecule has 0 aromatic carbocycles. The van der Waals surface area contributed by atoms with E-state index in [1.165, 1.54) is 57.8 Å². The van der Waals surface area contributed by atoms with E-state index in [4.69, 9.17) is 11.5 Å². The van der Waals surface area contributed by atoms with Crippen molar-refractivity contribution in [3.8, 4) is 0 Å². The third-order valence-corrected chi connectivity index (χ3v) is 14.0. The molecule has 0 radical (unpaired) electrons. The number of hydrogen-bond donors (Lipinski definition) is 4. The topological polar surface area (TPSA) is 105 Å². The molecule has 0 aliphatic heterocycles. The predicted molar refractivity (Wildman–Crippen MR) is 215 cm³/mol. The molecule has 10 atom stereocenters. The minimum atomic E-state index is -0.823. The highest BCUT2D eigenvalue weighted by Crippen LogP contribution is 2.67. The molecule has 0 aromatic heterocycles. The molecular formula is C40H75Cl3N4O2. The lowest BCUT2D eigenvalue weighted by molar-refractivity contribution is -0.0502. The largest absolute Gasteiger partial charge is 0.465 e. The second-order valence-electron chi connectivity index (χ2n) is 16.8. The molecule has 0 spiro atoms. The molecule has 3 saturated carbocycles. The van der Waals surface area contributed by atoms with Gasteiger partial charge in [0.2, 0.25) is 0 Å². The fourth-order valence-electron chi connectivity index (χ4n) is 11.2. The Bertz CT molecular complexity index is 1040. The molecule has 6 nitrogen and oxygen atoms in total. The minimum absolute atomic E-state index is 0. The number of allylic oxidation sites excluding steroid dienone is 4. The van der Waals surface area contributed by atoms with Crippen LogP contribution in [0, 0.1) is 58.2 Å². The summed E-state index contributed by atoms with van der Waals surface area (Å²) in [5.74, 6) is 6.08. The highest BCUT2D eigenvalue weighted by atomic mass is 35.5. The summed E-state index contributed by atoms with van der Waals surface area (Å²) in [6, 6.07) is 0.419. The van der Waals surface area contributed by atoms with Crippen molar-refractivity contribution in [1.82, 2.24) is 10.2 Å². The summed E-state index contributed by atoms with van der Waals surface area (Å²) in [5.41, 5.74) is 14.1. The quantitative estimate of drug-likeness (QED) is 0.0876. The van der Waals surface area contributed by atoms with Crippen molar-refractivity contribution in [1.29, 1.82) is 0 Å². The van der Waals surface area contributed by atoms with Crippen LogP contribution < -0.4 is 16.8 Å². The van der Waals surface area contributed by atoms with Gasteiger partial charge in [0.15, 0.2) is 0 Å². The summed E-state index contributed by atoms with van der Waals surface area (Å²) < 4.78 is 0. The van der Waals surface area contributed by atoms with Gasteiger partial charge in [-0.2, -0.15) is 0 Å². The molecule has 4 rings (SSSR count). The molecule has 4 aliphatic carbocycles. The lowest BCUT2D eigenvalue weighted by Gasteiger charge is -2.59. The molecule has 288 valence electrons. The van der Waals surface area contributed by atoms with E-state index in [-0.39, 0.29) is 37.2 Å². The van der Waals surface area contributed by atoms with Crippen LogP contribution in [0.1, 0.15) is 125 Å². The van der Waals surface area contributed by atoms with Crippen LogP contribution in [0.25, 0.3) is 0 Å². The van der Waals surface area contributed by atoms with Gasteiger partial charge in [-0.25, -0.2) is 4.79 Å². The summed E-state index contributed by atoms with van der Waals surface area (Å²) in [6.45, 7) is 18.2. The summed E-state index contributed by atoms with van der Waals surface area (Å²) in [5, 5.41) is 13.6. The van der Waals surface area contributed by atoms with Gasteiger partial charge < -0.3 is 26.8 Å². The zero-order valence-electron chi connectivity index (χ0n) is 31.8. The van der Waals surface area contributed by atoms with Crippen molar-refractivity contribution in [3.05, 3.63) is 23.8 Å². The maximum absolute atomic E-state index is 11.8. The van der Waals surface area contributed by atoms with Crippen molar-refractivity contribution in [2.24, 2.45) is 69.6 Å². The third-order valence-electron chi connectivity index (χ3n) is 14.0. The number of fused-ring (bicyclic) bond motifs is 5. The van der Waals surface area contributed by atoms with Gasteiger partial charge in [0.05, 0.1) is 0 Å². The Labute approximate surface area is 319 Å². The maximum atomic E-state index is 11.8. The lowest BCUT2D eigenvalue weighted by atomic mass is 9.46. The Morgan fingerprint density at radius 3 is 2.31 bits per heavy atom. The summed E-state index contributed by atoms with van der Waals surface area (Å²) in [4.78, 5) is 13.3. The fourth-order valence-corrected chi connectivity index (χ4v) is 11.2. The van der Waals surface area contributed by atoms with E-state index >= 15 is 0 Å². The molecule has 3 fully saturated rings. The summed E-state index contributed by atoms with van der Waals surface area (Å²) in [7, 11) is 0. The Morgan fingerprint density at radius 2 is 1.67 bits per heavy atom. The van der Waals surface area contributed by atoms with Crippen molar-refractivity contribution < 1.29 is 9.90 Å². The molecule has 6 N–H and O–H groups in total. The highest BCUT2D eigenvalue weighted by molar-refractivity contribution is 5.86. The molecule has 1 unspecified atom stereocenters. The van der Waals surface area contributed by atoms with Gasteiger partial charge in [-0.3, -0.25) is 0 Å². The van der Waals surface area contributed by atoms with E-state index in [2.05, 4.69) is 65.1 Å². The maximum Gasteiger partial charge on any atom is 0.407 e. The number of carbonyl (C=O) groups is 1. The molecular weight excluding hydrogens is 675 g/mol. The number of rotatable bonds is 17. The highest BCUT2D eigenvalue weighted by Gasteiger charge is 2.59. The van der Waals surface area contributed by atoms with Crippen LogP contribution >= 0.6 is 37.2 Å². The normalized spacial score (nSPS) is 32.3. The number of hydrogen-bond acceptors (Lipinski definition) is 4. The van der Waals surface area contributed by atoms with Crippen LogP contribution in [0.3, 0.4) is 0 Å². The van der Waals surface area contributed by atoms with E-state index in [0.29, 0.717) is 60.8 Å². The molecule has 1 amide bonds. The smallest absolute Gasteiger partial charge is 0.407 e. The second kappa shape index (κ2) is 21.3. The van der Waals surface area contributed by atoms with Gasteiger partial charge >= 0.3 is 6.09 Å². The molecule has 0 aromatic rings. The summed E-state index contributed by atoms with van der Waals surface area (Å²) in [6.07, 6.45) is 22.6. The first-order valence-electron chi connectivity index (χ1n) is 19.5. The van der Waals surface area contributed by atoms with Gasteiger partial charge in [-0.05, 0) is 161 Å². The van der Waals surface area contributed by atoms with Crippen molar-refractivity contribution in [3.63, 3.8) is 0 Å². The van der Waals surface area contributed by atoms with E-state index < -0.39 is 6.09 Å². The van der Waals surface area contributed by atoms with Crippen LogP contribution in [-0.2, 0) is 0 Å². The standard InChI is InChI=1S/C40H72N4O2.3ClH/c1-7-30(28(2)3)13-12-29(4)34-16-17-35-33-15-14-32-27-31(18-20-39(32,5)36(33)19-21-40(34,35)6)37(43-24-9-22-41)11-8-25-44(38(45)46)26-10-23-42;;;/h12-14,28-31,33-37,43H,7-11,15-27,41-42H2,1-6H3,(H,45,46);3*1H/b13-12+;;;/t29-,30-,31+,33+,34-,35+,36+,37?,39+,40-;;;/m1.../s1. The number of nitrogens with two attached hydrogens (primary N) is 2.